The van der Waals surface area contributed by atoms with E-state index in [9.17, 15) is 10.1 Å². The topological polar surface area (TPSA) is 81.6 Å². The van der Waals surface area contributed by atoms with E-state index >= 15 is 0 Å². The van der Waals surface area contributed by atoms with E-state index in [2.05, 4.69) is 4.90 Å². The number of ether oxygens (including phenoxy) is 1. The Morgan fingerprint density at radius 3 is 2.91 bits per heavy atom. The van der Waals surface area contributed by atoms with Crippen LogP contribution in [0.3, 0.4) is 0 Å². The van der Waals surface area contributed by atoms with Crippen molar-refractivity contribution in [2.45, 2.75) is 31.8 Å². The number of nitrogens with zero attached hydrogens (tertiary/aromatic N) is 2. The summed E-state index contributed by atoms with van der Waals surface area (Å²) < 4.78 is 5.05. The highest BCUT2D eigenvalue weighted by Gasteiger charge is 2.38. The van der Waals surface area contributed by atoms with Crippen molar-refractivity contribution in [3.8, 4) is 5.75 Å². The van der Waals surface area contributed by atoms with Crippen LogP contribution in [0.2, 0.25) is 0 Å². The van der Waals surface area contributed by atoms with Crippen LogP contribution < -0.4 is 10.5 Å². The van der Waals surface area contributed by atoms with Crippen molar-refractivity contribution in [1.82, 2.24) is 4.90 Å². The van der Waals surface area contributed by atoms with E-state index in [0.29, 0.717) is 23.6 Å². The van der Waals surface area contributed by atoms with Gasteiger partial charge in [0.15, 0.2) is 5.75 Å². The molecule has 1 saturated heterocycles. The summed E-state index contributed by atoms with van der Waals surface area (Å²) in [5, 5.41) is 11.1. The minimum atomic E-state index is -0.387. The quantitative estimate of drug-likeness (QED) is 0.681. The van der Waals surface area contributed by atoms with Crippen LogP contribution >= 0.6 is 0 Å². The molecule has 2 fully saturated rings. The van der Waals surface area contributed by atoms with Gasteiger partial charge in [-0.2, -0.15) is 0 Å². The first-order valence-corrected chi connectivity index (χ1v) is 7.87. The fourth-order valence-electron chi connectivity index (χ4n) is 3.97. The van der Waals surface area contributed by atoms with E-state index in [4.69, 9.17) is 10.5 Å². The smallest absolute Gasteiger partial charge is 0.311 e. The Balaban J connectivity index is 1.71. The van der Waals surface area contributed by atoms with Crippen LogP contribution in [0.5, 0.6) is 5.75 Å². The van der Waals surface area contributed by atoms with E-state index in [1.807, 2.05) is 6.07 Å². The van der Waals surface area contributed by atoms with E-state index in [1.54, 1.807) is 12.1 Å². The Bertz CT molecular complexity index is 564. The van der Waals surface area contributed by atoms with Crippen molar-refractivity contribution in [3.05, 3.63) is 33.9 Å². The van der Waals surface area contributed by atoms with Crippen LogP contribution in [-0.4, -0.2) is 36.1 Å². The van der Waals surface area contributed by atoms with Crippen molar-refractivity contribution >= 4 is 5.69 Å². The lowest BCUT2D eigenvalue weighted by Gasteiger charge is -2.29. The Hall–Kier alpha value is -1.66. The second-order valence-corrected chi connectivity index (χ2v) is 6.48. The van der Waals surface area contributed by atoms with Gasteiger partial charge in [-0.15, -0.1) is 0 Å². The highest BCUT2D eigenvalue weighted by molar-refractivity contribution is 5.48. The molecule has 3 unspecified atom stereocenters. The Labute approximate surface area is 130 Å². The van der Waals surface area contributed by atoms with E-state index in [0.717, 1.165) is 31.6 Å². The number of benzene rings is 1. The molecule has 1 aromatic rings. The minimum absolute atomic E-state index is 0.0355. The molecule has 0 spiro atoms. The third kappa shape index (κ3) is 2.94. The molecule has 3 rings (SSSR count). The van der Waals surface area contributed by atoms with Crippen LogP contribution in [0.4, 0.5) is 5.69 Å². The third-order valence-electron chi connectivity index (χ3n) is 5.08. The third-order valence-corrected chi connectivity index (χ3v) is 5.08. The molecular formula is C16H23N3O3. The van der Waals surface area contributed by atoms with Crippen molar-refractivity contribution in [3.63, 3.8) is 0 Å². The lowest BCUT2D eigenvalue weighted by molar-refractivity contribution is -0.385. The SMILES string of the molecule is COc1ccc(CN2CC3CCCC(N)C3C2)cc1[N+](=O)[O-]. The zero-order valence-electron chi connectivity index (χ0n) is 12.9. The van der Waals surface area contributed by atoms with Gasteiger partial charge in [0.05, 0.1) is 12.0 Å². The molecule has 0 radical (unpaired) electrons. The number of nitrogens with two attached hydrogens (primary N) is 1. The number of nitro benzene ring substituents is 1. The molecule has 1 aromatic carbocycles. The van der Waals surface area contributed by atoms with Crippen molar-refractivity contribution in [2.24, 2.45) is 17.6 Å². The van der Waals surface area contributed by atoms with Crippen LogP contribution in [0.1, 0.15) is 24.8 Å². The highest BCUT2D eigenvalue weighted by Crippen LogP contribution is 2.36. The summed E-state index contributed by atoms with van der Waals surface area (Å²) >= 11 is 0. The second kappa shape index (κ2) is 6.22. The van der Waals surface area contributed by atoms with Crippen molar-refractivity contribution < 1.29 is 9.66 Å². The molecule has 0 bridgehead atoms. The normalized spacial score (nSPS) is 28.4. The van der Waals surface area contributed by atoms with E-state index < -0.39 is 0 Å². The lowest BCUT2D eigenvalue weighted by atomic mass is 9.78. The molecular weight excluding hydrogens is 282 g/mol. The molecule has 1 aliphatic heterocycles. The summed E-state index contributed by atoms with van der Waals surface area (Å²) in [6.07, 6.45) is 3.62. The summed E-state index contributed by atoms with van der Waals surface area (Å²) in [6, 6.07) is 5.53. The van der Waals surface area contributed by atoms with Gasteiger partial charge >= 0.3 is 5.69 Å². The summed E-state index contributed by atoms with van der Waals surface area (Å²) in [5.41, 5.74) is 7.24. The number of fused-ring (bicyclic) bond motifs is 1. The monoisotopic (exact) mass is 305 g/mol. The maximum absolute atomic E-state index is 11.1. The number of nitro groups is 1. The molecule has 2 N–H and O–H groups in total. The van der Waals surface area contributed by atoms with E-state index in [1.165, 1.54) is 20.0 Å². The Morgan fingerprint density at radius 2 is 2.23 bits per heavy atom. The molecule has 6 nitrogen and oxygen atoms in total. The molecule has 6 heteroatoms. The molecule has 22 heavy (non-hydrogen) atoms. The Kier molecular flexibility index (Phi) is 4.31. The number of rotatable bonds is 4. The van der Waals surface area contributed by atoms with Gasteiger partial charge in [-0.05, 0) is 36.3 Å². The fourth-order valence-corrected chi connectivity index (χ4v) is 3.97. The summed E-state index contributed by atoms with van der Waals surface area (Å²) in [6.45, 7) is 2.80. The molecule has 1 aliphatic carbocycles. The zero-order valence-corrected chi connectivity index (χ0v) is 12.9. The first kappa shape index (κ1) is 15.2. The molecule has 3 atom stereocenters. The average molecular weight is 305 g/mol. The summed E-state index contributed by atoms with van der Waals surface area (Å²) in [5.74, 6) is 1.59. The first-order valence-electron chi connectivity index (χ1n) is 7.87. The highest BCUT2D eigenvalue weighted by atomic mass is 16.6. The van der Waals surface area contributed by atoms with Gasteiger partial charge in [0.25, 0.3) is 0 Å². The van der Waals surface area contributed by atoms with Crippen molar-refractivity contribution in [2.75, 3.05) is 20.2 Å². The summed E-state index contributed by atoms with van der Waals surface area (Å²) in [4.78, 5) is 13.1. The molecule has 0 aromatic heterocycles. The first-order chi connectivity index (χ1) is 10.6. The molecule has 0 amide bonds. The van der Waals surface area contributed by atoms with Gasteiger partial charge in [0.2, 0.25) is 0 Å². The Morgan fingerprint density at radius 1 is 1.41 bits per heavy atom. The molecule has 1 saturated carbocycles. The lowest BCUT2D eigenvalue weighted by Crippen LogP contribution is -2.38. The number of hydrogen-bond acceptors (Lipinski definition) is 5. The standard InChI is InChI=1S/C16H23N3O3/c1-22-16-6-5-11(7-15(16)19(20)21)8-18-9-12-3-2-4-14(17)13(12)10-18/h5-7,12-14H,2-4,8-10,17H2,1H3. The predicted molar refractivity (Wildman–Crippen MR) is 83.7 cm³/mol. The van der Waals surface area contributed by atoms with Crippen molar-refractivity contribution in [1.29, 1.82) is 0 Å². The average Bonchev–Trinajstić information content (AvgIpc) is 2.91. The minimum Gasteiger partial charge on any atom is -0.490 e. The van der Waals surface area contributed by atoms with Crippen LogP contribution in [0.25, 0.3) is 0 Å². The predicted octanol–water partition coefficient (Wildman–Crippen LogP) is 2.16. The number of likely N-dealkylation sites (tertiary alicyclic amines) is 1. The maximum atomic E-state index is 11.1. The molecule has 1 heterocycles. The van der Waals surface area contributed by atoms with Gasteiger partial charge in [0.1, 0.15) is 0 Å². The zero-order chi connectivity index (χ0) is 15.7. The summed E-state index contributed by atoms with van der Waals surface area (Å²) in [7, 11) is 1.45. The van der Waals surface area contributed by atoms with Crippen LogP contribution in [0, 0.1) is 22.0 Å². The van der Waals surface area contributed by atoms with Gasteiger partial charge < -0.3 is 10.5 Å². The number of methoxy groups -OCH3 is 1. The maximum Gasteiger partial charge on any atom is 0.311 e. The second-order valence-electron chi connectivity index (χ2n) is 6.48. The van der Waals surface area contributed by atoms with Gasteiger partial charge in [-0.25, -0.2) is 0 Å². The van der Waals surface area contributed by atoms with Gasteiger partial charge in [-0.1, -0.05) is 12.5 Å². The largest absolute Gasteiger partial charge is 0.490 e. The number of hydrogen-bond donors (Lipinski definition) is 1. The molecule has 2 aliphatic rings. The van der Waals surface area contributed by atoms with Gasteiger partial charge in [-0.3, -0.25) is 15.0 Å². The van der Waals surface area contributed by atoms with Gasteiger partial charge in [0, 0.05) is 31.7 Å². The van der Waals surface area contributed by atoms with E-state index in [-0.39, 0.29) is 10.6 Å². The molecule has 120 valence electrons. The van der Waals surface area contributed by atoms with Crippen LogP contribution in [0.15, 0.2) is 18.2 Å². The fraction of sp³-hybridized carbons (Fsp3) is 0.625. The van der Waals surface area contributed by atoms with Crippen LogP contribution in [-0.2, 0) is 6.54 Å².